The standard InChI is InChI=1S/C26H27NO3/c1-25(2)14-19(15-26(3,4)27(25)29)30-24(28)21-13-11-18-9-8-16-6-5-7-17-10-12-20(21)23(18)22(16)17/h5-13,19,29H,14-15H2,1-4H3. The lowest BCUT2D eigenvalue weighted by molar-refractivity contribution is -0.256. The number of ether oxygens (including phenoxy) is 1. The molecule has 1 aliphatic heterocycles. The highest BCUT2D eigenvalue weighted by Crippen LogP contribution is 2.39. The molecule has 0 aromatic heterocycles. The second kappa shape index (κ2) is 6.40. The fourth-order valence-corrected chi connectivity index (χ4v) is 5.39. The zero-order valence-corrected chi connectivity index (χ0v) is 17.9. The van der Waals surface area contributed by atoms with E-state index < -0.39 is 11.1 Å². The molecule has 1 saturated heterocycles. The van der Waals surface area contributed by atoms with Gasteiger partial charge in [0.05, 0.1) is 5.56 Å². The van der Waals surface area contributed by atoms with Crippen LogP contribution in [0.5, 0.6) is 0 Å². The van der Waals surface area contributed by atoms with Gasteiger partial charge in [-0.15, -0.1) is 0 Å². The van der Waals surface area contributed by atoms with Gasteiger partial charge in [-0.2, -0.15) is 5.06 Å². The van der Waals surface area contributed by atoms with Gasteiger partial charge in [-0.05, 0) is 66.1 Å². The summed E-state index contributed by atoms with van der Waals surface area (Å²) >= 11 is 0. The SMILES string of the molecule is CC1(C)CC(OC(=O)c2ccc3ccc4cccc5ccc2c3c45)CC(C)(C)N1O. The van der Waals surface area contributed by atoms with Crippen LogP contribution in [0.4, 0.5) is 0 Å². The van der Waals surface area contributed by atoms with Gasteiger partial charge in [0, 0.05) is 23.9 Å². The summed E-state index contributed by atoms with van der Waals surface area (Å²) in [6, 6.07) is 18.5. The lowest BCUT2D eigenvalue weighted by Crippen LogP contribution is -2.60. The summed E-state index contributed by atoms with van der Waals surface area (Å²) in [5, 5.41) is 18.6. The maximum Gasteiger partial charge on any atom is 0.339 e. The molecule has 0 spiro atoms. The number of esters is 1. The molecule has 1 heterocycles. The van der Waals surface area contributed by atoms with Crippen molar-refractivity contribution < 1.29 is 14.7 Å². The first kappa shape index (κ1) is 19.3. The highest BCUT2D eigenvalue weighted by Gasteiger charge is 2.46. The summed E-state index contributed by atoms with van der Waals surface area (Å²) in [7, 11) is 0. The molecule has 1 aliphatic rings. The van der Waals surface area contributed by atoms with Crippen molar-refractivity contribution in [3.63, 3.8) is 0 Å². The molecular formula is C26H27NO3. The smallest absolute Gasteiger partial charge is 0.339 e. The van der Waals surface area contributed by atoms with Crippen LogP contribution in [-0.4, -0.2) is 33.4 Å². The van der Waals surface area contributed by atoms with Gasteiger partial charge < -0.3 is 9.94 Å². The molecule has 4 aromatic carbocycles. The van der Waals surface area contributed by atoms with Gasteiger partial charge in [0.15, 0.2) is 0 Å². The Balaban J connectivity index is 1.56. The van der Waals surface area contributed by atoms with E-state index in [0.717, 1.165) is 16.2 Å². The van der Waals surface area contributed by atoms with Crippen molar-refractivity contribution in [2.75, 3.05) is 0 Å². The molecule has 4 aromatic rings. The highest BCUT2D eigenvalue weighted by atomic mass is 16.5. The largest absolute Gasteiger partial charge is 0.459 e. The number of carbonyl (C=O) groups is 1. The lowest BCUT2D eigenvalue weighted by Gasteiger charge is -2.50. The van der Waals surface area contributed by atoms with Gasteiger partial charge in [-0.3, -0.25) is 0 Å². The molecule has 0 unspecified atom stereocenters. The monoisotopic (exact) mass is 401 g/mol. The average Bonchev–Trinajstić information content (AvgIpc) is 2.69. The number of hydroxylamine groups is 2. The second-order valence-corrected chi connectivity index (χ2v) is 9.84. The Bertz CT molecular complexity index is 1240. The van der Waals surface area contributed by atoms with E-state index in [0.29, 0.717) is 18.4 Å². The van der Waals surface area contributed by atoms with E-state index in [1.165, 1.54) is 21.2 Å². The molecule has 4 nitrogen and oxygen atoms in total. The van der Waals surface area contributed by atoms with E-state index in [-0.39, 0.29) is 12.1 Å². The molecule has 0 saturated carbocycles. The van der Waals surface area contributed by atoms with Crippen LogP contribution >= 0.6 is 0 Å². The fraction of sp³-hybridized carbons (Fsp3) is 0.346. The molecule has 5 rings (SSSR count). The first-order valence-electron chi connectivity index (χ1n) is 10.5. The van der Waals surface area contributed by atoms with Crippen LogP contribution in [0.3, 0.4) is 0 Å². The minimum absolute atomic E-state index is 0.246. The molecule has 0 atom stereocenters. The molecule has 4 heteroatoms. The Labute approximate surface area is 176 Å². The third-order valence-electron chi connectivity index (χ3n) is 6.62. The Kier molecular flexibility index (Phi) is 4.12. The summed E-state index contributed by atoms with van der Waals surface area (Å²) in [5.74, 6) is -0.295. The maximum atomic E-state index is 13.3. The number of rotatable bonds is 2. The quantitative estimate of drug-likeness (QED) is 0.323. The van der Waals surface area contributed by atoms with Crippen LogP contribution in [0.1, 0.15) is 50.9 Å². The highest BCUT2D eigenvalue weighted by molar-refractivity contribution is 6.25. The summed E-state index contributed by atoms with van der Waals surface area (Å²) in [5.41, 5.74) is -0.326. The van der Waals surface area contributed by atoms with Crippen LogP contribution in [0, 0.1) is 0 Å². The molecule has 1 fully saturated rings. The van der Waals surface area contributed by atoms with E-state index in [9.17, 15) is 10.0 Å². The lowest BCUT2D eigenvalue weighted by atomic mass is 9.80. The van der Waals surface area contributed by atoms with Crippen LogP contribution in [0.2, 0.25) is 0 Å². The fourth-order valence-electron chi connectivity index (χ4n) is 5.39. The zero-order chi connectivity index (χ0) is 21.3. The normalized spacial score (nSPS) is 19.6. The van der Waals surface area contributed by atoms with Gasteiger partial charge in [-0.25, -0.2) is 4.79 Å². The topological polar surface area (TPSA) is 49.8 Å². The third kappa shape index (κ3) is 2.86. The second-order valence-electron chi connectivity index (χ2n) is 9.84. The molecule has 0 bridgehead atoms. The molecule has 154 valence electrons. The predicted molar refractivity (Wildman–Crippen MR) is 120 cm³/mol. The van der Waals surface area contributed by atoms with E-state index in [2.05, 4.69) is 36.4 Å². The van der Waals surface area contributed by atoms with E-state index in [1.54, 1.807) is 0 Å². The van der Waals surface area contributed by atoms with E-state index in [1.807, 2.05) is 45.9 Å². The van der Waals surface area contributed by atoms with Crippen LogP contribution in [0.15, 0.2) is 54.6 Å². The first-order valence-corrected chi connectivity index (χ1v) is 10.5. The maximum absolute atomic E-state index is 13.3. The Morgan fingerprint density at radius 1 is 0.867 bits per heavy atom. The zero-order valence-electron chi connectivity index (χ0n) is 17.9. The van der Waals surface area contributed by atoms with Crippen LogP contribution < -0.4 is 0 Å². The molecular weight excluding hydrogens is 374 g/mol. The Hall–Kier alpha value is -2.69. The van der Waals surface area contributed by atoms with Gasteiger partial charge in [0.2, 0.25) is 0 Å². The summed E-state index contributed by atoms with van der Waals surface area (Å²) < 4.78 is 6.01. The number of piperidine rings is 1. The van der Waals surface area contributed by atoms with E-state index >= 15 is 0 Å². The summed E-state index contributed by atoms with van der Waals surface area (Å²) in [6.45, 7) is 7.91. The van der Waals surface area contributed by atoms with Crippen molar-refractivity contribution in [2.24, 2.45) is 0 Å². The van der Waals surface area contributed by atoms with Crippen molar-refractivity contribution >= 4 is 38.3 Å². The van der Waals surface area contributed by atoms with Gasteiger partial charge in [0.25, 0.3) is 0 Å². The van der Waals surface area contributed by atoms with Crippen molar-refractivity contribution in [3.05, 3.63) is 60.2 Å². The Morgan fingerprint density at radius 2 is 1.40 bits per heavy atom. The molecule has 0 amide bonds. The minimum Gasteiger partial charge on any atom is -0.459 e. The Morgan fingerprint density at radius 3 is 2.03 bits per heavy atom. The third-order valence-corrected chi connectivity index (χ3v) is 6.62. The van der Waals surface area contributed by atoms with Crippen LogP contribution in [0.25, 0.3) is 32.3 Å². The molecule has 30 heavy (non-hydrogen) atoms. The van der Waals surface area contributed by atoms with Crippen molar-refractivity contribution in [1.29, 1.82) is 0 Å². The van der Waals surface area contributed by atoms with Gasteiger partial charge in [0.1, 0.15) is 6.10 Å². The summed E-state index contributed by atoms with van der Waals surface area (Å²) in [4.78, 5) is 13.3. The van der Waals surface area contributed by atoms with E-state index in [4.69, 9.17) is 4.74 Å². The predicted octanol–water partition coefficient (Wildman–Crippen LogP) is 6.15. The van der Waals surface area contributed by atoms with Crippen molar-refractivity contribution in [2.45, 2.75) is 57.7 Å². The number of benzene rings is 4. The number of carbonyl (C=O) groups excluding carboxylic acids is 1. The first-order chi connectivity index (χ1) is 14.2. The average molecular weight is 402 g/mol. The molecule has 0 aliphatic carbocycles. The van der Waals surface area contributed by atoms with Gasteiger partial charge >= 0.3 is 5.97 Å². The number of hydrogen-bond acceptors (Lipinski definition) is 4. The van der Waals surface area contributed by atoms with Crippen molar-refractivity contribution in [3.8, 4) is 0 Å². The molecule has 1 N–H and O–H groups in total. The minimum atomic E-state index is -0.463. The van der Waals surface area contributed by atoms with Crippen LogP contribution in [-0.2, 0) is 4.74 Å². The van der Waals surface area contributed by atoms with Gasteiger partial charge in [-0.1, -0.05) is 48.5 Å². The summed E-state index contributed by atoms with van der Waals surface area (Å²) in [6.07, 6.45) is 0.930. The number of hydrogen-bond donors (Lipinski definition) is 1. The number of nitrogens with zero attached hydrogens (tertiary/aromatic N) is 1. The molecule has 0 radical (unpaired) electrons. The van der Waals surface area contributed by atoms with Crippen molar-refractivity contribution in [1.82, 2.24) is 5.06 Å².